The molecule has 2 heterocycles. The molecular formula is C33H37F3N2O9. The van der Waals surface area contributed by atoms with Gasteiger partial charge in [-0.05, 0) is 68.4 Å². The zero-order valence-electron chi connectivity index (χ0n) is 25.6. The lowest BCUT2D eigenvalue weighted by atomic mass is 9.91. The van der Waals surface area contributed by atoms with Gasteiger partial charge in [0.15, 0.2) is 12.4 Å². The van der Waals surface area contributed by atoms with Crippen molar-refractivity contribution in [3.05, 3.63) is 53.1 Å². The number of nitrogens with zero attached hydrogens (tertiary/aromatic N) is 1. The van der Waals surface area contributed by atoms with E-state index in [4.69, 9.17) is 19.3 Å². The molecule has 2 N–H and O–H groups in total. The van der Waals surface area contributed by atoms with Crippen molar-refractivity contribution in [1.82, 2.24) is 10.2 Å². The lowest BCUT2D eigenvalue weighted by Crippen LogP contribution is -2.49. The topological polar surface area (TPSA) is 141 Å². The van der Waals surface area contributed by atoms with Crippen LogP contribution in [0.2, 0.25) is 0 Å². The maximum absolute atomic E-state index is 13.9. The van der Waals surface area contributed by atoms with E-state index in [0.29, 0.717) is 30.5 Å². The smallest absolute Gasteiger partial charge is 0.422 e. The number of carbonyl (C=O) groups excluding carboxylic acids is 4. The zero-order chi connectivity index (χ0) is 33.3. The van der Waals surface area contributed by atoms with E-state index in [1.54, 1.807) is 6.08 Å². The van der Waals surface area contributed by atoms with Crippen molar-refractivity contribution in [1.29, 1.82) is 0 Å². The molecule has 3 aliphatic carbocycles. The Morgan fingerprint density at radius 2 is 1.74 bits per heavy atom. The van der Waals surface area contributed by atoms with Gasteiger partial charge in [0.05, 0.1) is 12.2 Å². The van der Waals surface area contributed by atoms with E-state index in [1.807, 2.05) is 0 Å². The standard InChI is InChI=1S/C33H37F3N2O9/c34-32(35,36)18-44-27(40)12-5-19-3-6-20(7-4-19)31(43)45-25-16-21(30(42)38-14-1-2-24(38)29(41)37-13-15-39)17-26-28(25)47-33(46-26,22-8-9-22)23-10-11-23/h3-7,12,17,22-26,28,39H,1-2,8-11,13-16,18H2,(H,37,41). The Labute approximate surface area is 269 Å². The molecule has 47 heavy (non-hydrogen) atoms. The number of hydrogen-bond donors (Lipinski definition) is 2. The molecule has 2 aliphatic heterocycles. The van der Waals surface area contributed by atoms with Gasteiger partial charge in [-0.2, -0.15) is 13.2 Å². The molecule has 4 fully saturated rings. The van der Waals surface area contributed by atoms with Gasteiger partial charge in [0.2, 0.25) is 11.8 Å². The Bertz CT molecular complexity index is 1420. The van der Waals surface area contributed by atoms with Crippen molar-refractivity contribution >= 4 is 29.8 Å². The fourth-order valence-electron chi connectivity index (χ4n) is 6.62. The highest BCUT2D eigenvalue weighted by atomic mass is 19.4. The third-order valence-electron chi connectivity index (χ3n) is 9.11. The molecule has 2 saturated heterocycles. The maximum atomic E-state index is 13.9. The SMILES string of the molecule is O=C(C=Cc1ccc(C(=O)OC2CC(C(=O)N3CCCC3C(=O)NCCO)=CC3OC(C4CC4)(C4CC4)OC32)cc1)OCC(F)(F)F. The summed E-state index contributed by atoms with van der Waals surface area (Å²) in [6.07, 6.45) is 2.19. The van der Waals surface area contributed by atoms with E-state index in [0.717, 1.165) is 31.8 Å². The Morgan fingerprint density at radius 1 is 1.04 bits per heavy atom. The van der Waals surface area contributed by atoms with Crippen LogP contribution in [-0.4, -0.2) is 96.4 Å². The molecule has 0 bridgehead atoms. The second-order valence-corrected chi connectivity index (χ2v) is 12.6. The van der Waals surface area contributed by atoms with Crippen molar-refractivity contribution in [3.63, 3.8) is 0 Å². The van der Waals surface area contributed by atoms with Gasteiger partial charge < -0.3 is 34.3 Å². The van der Waals surface area contributed by atoms with Gasteiger partial charge in [-0.3, -0.25) is 9.59 Å². The number of halogens is 3. The summed E-state index contributed by atoms with van der Waals surface area (Å²) in [6, 6.07) is 5.23. The minimum atomic E-state index is -4.63. The van der Waals surface area contributed by atoms with Gasteiger partial charge in [0.1, 0.15) is 24.4 Å². The zero-order valence-corrected chi connectivity index (χ0v) is 25.6. The first-order valence-electron chi connectivity index (χ1n) is 16.0. The van der Waals surface area contributed by atoms with Crippen molar-refractivity contribution in [2.75, 3.05) is 26.3 Å². The Balaban J connectivity index is 1.17. The molecule has 1 aromatic rings. The number of ether oxygens (including phenoxy) is 4. The van der Waals surface area contributed by atoms with Crippen molar-refractivity contribution in [3.8, 4) is 0 Å². The summed E-state index contributed by atoms with van der Waals surface area (Å²) in [5, 5.41) is 11.8. The fraction of sp³-hybridized carbons (Fsp3) is 0.576. The van der Waals surface area contributed by atoms with E-state index in [1.165, 1.54) is 35.2 Å². The molecule has 2 saturated carbocycles. The second kappa shape index (κ2) is 13.4. The van der Waals surface area contributed by atoms with Gasteiger partial charge in [0, 0.05) is 43.0 Å². The number of fused-ring (bicyclic) bond motifs is 1. The number of aliphatic hydroxyl groups excluding tert-OH is 1. The Morgan fingerprint density at radius 3 is 2.38 bits per heavy atom. The minimum absolute atomic E-state index is 0.0584. The highest BCUT2D eigenvalue weighted by Crippen LogP contribution is 2.59. The van der Waals surface area contributed by atoms with Crippen LogP contribution < -0.4 is 5.32 Å². The van der Waals surface area contributed by atoms with Crippen LogP contribution in [0, 0.1) is 11.8 Å². The van der Waals surface area contributed by atoms with Gasteiger partial charge in [-0.1, -0.05) is 12.1 Å². The highest BCUT2D eigenvalue weighted by molar-refractivity contribution is 5.98. The largest absolute Gasteiger partial charge is 0.456 e. The van der Waals surface area contributed by atoms with Crippen LogP contribution in [0.5, 0.6) is 0 Å². The molecule has 0 radical (unpaired) electrons. The summed E-state index contributed by atoms with van der Waals surface area (Å²) in [7, 11) is 0. The number of benzene rings is 1. The number of aliphatic hydroxyl groups is 1. The average Bonchev–Trinajstić information content (AvgIpc) is 3.99. The van der Waals surface area contributed by atoms with Gasteiger partial charge >= 0.3 is 18.1 Å². The molecular weight excluding hydrogens is 625 g/mol. The summed E-state index contributed by atoms with van der Waals surface area (Å²) in [4.78, 5) is 53.1. The van der Waals surface area contributed by atoms with E-state index in [2.05, 4.69) is 10.1 Å². The van der Waals surface area contributed by atoms with E-state index < -0.39 is 54.9 Å². The summed E-state index contributed by atoms with van der Waals surface area (Å²) in [6.45, 7) is -1.43. The van der Waals surface area contributed by atoms with Crippen LogP contribution in [0.4, 0.5) is 13.2 Å². The van der Waals surface area contributed by atoms with Gasteiger partial charge in [-0.15, -0.1) is 0 Å². The molecule has 0 spiro atoms. The number of nitrogens with one attached hydrogen (secondary N) is 1. The van der Waals surface area contributed by atoms with Crippen molar-refractivity contribution in [2.45, 2.75) is 81.3 Å². The first kappa shape index (κ1) is 33.2. The monoisotopic (exact) mass is 662 g/mol. The van der Waals surface area contributed by atoms with Crippen LogP contribution in [0.25, 0.3) is 6.08 Å². The molecule has 4 unspecified atom stereocenters. The Hall–Kier alpha value is -3.75. The third kappa shape index (κ3) is 7.54. The maximum Gasteiger partial charge on any atom is 0.422 e. The predicted octanol–water partition coefficient (Wildman–Crippen LogP) is 3.06. The highest BCUT2D eigenvalue weighted by Gasteiger charge is 2.64. The molecule has 14 heteroatoms. The van der Waals surface area contributed by atoms with Crippen LogP contribution in [0.15, 0.2) is 42.0 Å². The third-order valence-corrected chi connectivity index (χ3v) is 9.11. The molecule has 2 amide bonds. The lowest BCUT2D eigenvalue weighted by molar-refractivity contribution is -0.209. The molecule has 11 nitrogen and oxygen atoms in total. The number of alkyl halides is 3. The van der Waals surface area contributed by atoms with E-state index in [9.17, 15) is 32.3 Å². The quantitative estimate of drug-likeness (QED) is 0.270. The Kier molecular flexibility index (Phi) is 9.45. The summed E-state index contributed by atoms with van der Waals surface area (Å²) in [5.41, 5.74) is 0.985. The molecule has 1 aromatic carbocycles. The molecule has 6 rings (SSSR count). The van der Waals surface area contributed by atoms with Crippen LogP contribution >= 0.6 is 0 Å². The summed E-state index contributed by atoms with van der Waals surface area (Å²) in [5.74, 6) is -2.83. The first-order valence-corrected chi connectivity index (χ1v) is 16.0. The predicted molar refractivity (Wildman–Crippen MR) is 157 cm³/mol. The molecule has 254 valence electrons. The number of hydrogen-bond acceptors (Lipinski definition) is 9. The normalized spacial score (nSPS) is 26.9. The fourth-order valence-corrected chi connectivity index (χ4v) is 6.62. The number of rotatable bonds is 11. The summed E-state index contributed by atoms with van der Waals surface area (Å²) < 4.78 is 60.2. The van der Waals surface area contributed by atoms with Crippen molar-refractivity contribution < 1.29 is 56.4 Å². The number of esters is 2. The van der Waals surface area contributed by atoms with E-state index >= 15 is 0 Å². The van der Waals surface area contributed by atoms with Gasteiger partial charge in [-0.25, -0.2) is 9.59 Å². The minimum Gasteiger partial charge on any atom is -0.456 e. The second-order valence-electron chi connectivity index (χ2n) is 12.6. The summed E-state index contributed by atoms with van der Waals surface area (Å²) >= 11 is 0. The van der Waals surface area contributed by atoms with E-state index in [-0.39, 0.29) is 48.8 Å². The number of amides is 2. The van der Waals surface area contributed by atoms with Gasteiger partial charge in [0.25, 0.3) is 0 Å². The number of likely N-dealkylation sites (tertiary alicyclic amines) is 1. The van der Waals surface area contributed by atoms with Crippen LogP contribution in [0.1, 0.15) is 60.9 Å². The average molecular weight is 663 g/mol. The molecule has 5 aliphatic rings. The molecule has 4 atom stereocenters. The number of carbonyl (C=O) groups is 4. The van der Waals surface area contributed by atoms with Crippen LogP contribution in [-0.2, 0) is 33.3 Å². The first-order chi connectivity index (χ1) is 22.5. The lowest BCUT2D eigenvalue weighted by Gasteiger charge is -2.33. The van der Waals surface area contributed by atoms with Crippen molar-refractivity contribution in [2.24, 2.45) is 11.8 Å². The van der Waals surface area contributed by atoms with Crippen LogP contribution in [0.3, 0.4) is 0 Å². The molecule has 0 aromatic heterocycles.